The predicted octanol–water partition coefficient (Wildman–Crippen LogP) is 16.1. The second-order valence-electron chi connectivity index (χ2n) is 15.2. The zero-order valence-electron chi connectivity index (χ0n) is 39.8. The normalized spacial score (nSPS) is 13.4. The van der Waals surface area contributed by atoms with Gasteiger partial charge in [-0.1, -0.05) is 199 Å². The third kappa shape index (κ3) is 48.2. The van der Waals surface area contributed by atoms with Crippen molar-refractivity contribution in [1.29, 1.82) is 0 Å². The number of hydrogen-bond acceptors (Lipinski definition) is 6. The highest BCUT2D eigenvalue weighted by Gasteiger charge is 2.19. The van der Waals surface area contributed by atoms with E-state index in [1.165, 1.54) is 38.5 Å². The molecule has 6 heteroatoms. The molecular formula is C57H86O6. The van der Waals surface area contributed by atoms with Crippen molar-refractivity contribution in [3.05, 3.63) is 146 Å². The number of carbonyl (C=O) groups is 3. The van der Waals surface area contributed by atoms with E-state index in [1.54, 1.807) is 0 Å². The second-order valence-corrected chi connectivity index (χ2v) is 15.2. The largest absolute Gasteiger partial charge is 0.462 e. The van der Waals surface area contributed by atoms with Gasteiger partial charge >= 0.3 is 17.9 Å². The van der Waals surface area contributed by atoms with Crippen LogP contribution in [0.4, 0.5) is 0 Å². The summed E-state index contributed by atoms with van der Waals surface area (Å²) >= 11 is 0. The average Bonchev–Trinajstić information content (AvgIpc) is 3.28. The molecule has 0 aromatic rings. The fourth-order valence-corrected chi connectivity index (χ4v) is 5.77. The summed E-state index contributed by atoms with van der Waals surface area (Å²) in [7, 11) is 0. The Labute approximate surface area is 385 Å². The van der Waals surface area contributed by atoms with Crippen LogP contribution in [0.1, 0.15) is 175 Å². The van der Waals surface area contributed by atoms with Gasteiger partial charge in [-0.05, 0) is 103 Å². The van der Waals surface area contributed by atoms with Gasteiger partial charge in [-0.3, -0.25) is 14.4 Å². The Bertz CT molecular complexity index is 1460. The topological polar surface area (TPSA) is 78.9 Å². The van der Waals surface area contributed by atoms with Crippen LogP contribution < -0.4 is 0 Å². The third-order valence-corrected chi connectivity index (χ3v) is 9.35. The molecule has 1 atom stereocenters. The third-order valence-electron chi connectivity index (χ3n) is 9.35. The summed E-state index contributed by atoms with van der Waals surface area (Å²) in [5, 5.41) is 0. The van der Waals surface area contributed by atoms with Gasteiger partial charge in [-0.15, -0.1) is 0 Å². The van der Waals surface area contributed by atoms with E-state index in [0.717, 1.165) is 77.0 Å². The minimum Gasteiger partial charge on any atom is -0.462 e. The number of ether oxygens (including phenoxy) is 3. The maximum Gasteiger partial charge on any atom is 0.306 e. The Balaban J connectivity index is 4.71. The maximum absolute atomic E-state index is 12.7. The van der Waals surface area contributed by atoms with Crippen molar-refractivity contribution < 1.29 is 28.6 Å². The minimum atomic E-state index is -0.875. The van der Waals surface area contributed by atoms with Gasteiger partial charge in [-0.2, -0.15) is 0 Å². The van der Waals surface area contributed by atoms with Crippen LogP contribution in [0, 0.1) is 0 Å². The second kappa shape index (κ2) is 49.9. The molecule has 350 valence electrons. The molecule has 0 fully saturated rings. The Morgan fingerprint density at radius 2 is 0.619 bits per heavy atom. The van der Waals surface area contributed by atoms with Crippen LogP contribution in [0.2, 0.25) is 0 Å². The molecule has 1 unspecified atom stereocenters. The van der Waals surface area contributed by atoms with Gasteiger partial charge in [-0.25, -0.2) is 0 Å². The standard InChI is InChI=1S/C57H86O6/c1-4-7-10-13-16-19-22-25-27-29-32-35-38-41-44-47-50-56(59)62-53-54(52-61-55(58)49-46-43-40-37-34-31-24-21-18-15-12-9-6-3)63-57(60)51-48-45-42-39-36-33-30-28-26-23-20-17-14-11-8-5-2/h7-8,10-11,16-17,19-20,25-28,31-36,40-45,54H,4-6,9,12-15,18,21-24,29-30,37-39,46-53H2,1-3H3/b10-7+,11-8+,19-16+,20-17+,27-25+,28-26+,34-31+,35-32+,36-33+,43-40+,44-41+,45-42+. The van der Waals surface area contributed by atoms with E-state index >= 15 is 0 Å². The van der Waals surface area contributed by atoms with Crippen LogP contribution in [0.3, 0.4) is 0 Å². The number of hydrogen-bond donors (Lipinski definition) is 0. The Kier molecular flexibility index (Phi) is 46.2. The molecule has 0 aliphatic rings. The molecule has 0 rings (SSSR count). The molecule has 0 spiro atoms. The van der Waals surface area contributed by atoms with Crippen LogP contribution in [0.25, 0.3) is 0 Å². The Hall–Kier alpha value is -4.71. The summed E-state index contributed by atoms with van der Waals surface area (Å²) in [6.07, 6.45) is 71.5. The van der Waals surface area contributed by atoms with Crippen LogP contribution in [0.15, 0.2) is 146 Å². The number of carbonyl (C=O) groups excluding carboxylic acids is 3. The van der Waals surface area contributed by atoms with Gasteiger partial charge in [0.15, 0.2) is 6.10 Å². The van der Waals surface area contributed by atoms with Crippen LogP contribution >= 0.6 is 0 Å². The van der Waals surface area contributed by atoms with E-state index in [2.05, 4.69) is 136 Å². The molecular weight excluding hydrogens is 781 g/mol. The quantitative estimate of drug-likeness (QED) is 0.0264. The molecule has 0 aliphatic heterocycles. The number of rotatable bonds is 41. The zero-order chi connectivity index (χ0) is 45.8. The first-order valence-corrected chi connectivity index (χ1v) is 24.3. The van der Waals surface area contributed by atoms with Gasteiger partial charge in [0.1, 0.15) is 13.2 Å². The Morgan fingerprint density at radius 3 is 0.968 bits per heavy atom. The highest BCUT2D eigenvalue weighted by atomic mass is 16.6. The molecule has 0 bridgehead atoms. The van der Waals surface area contributed by atoms with Crippen molar-refractivity contribution in [1.82, 2.24) is 0 Å². The summed E-state index contributed by atoms with van der Waals surface area (Å²) in [5.41, 5.74) is 0. The van der Waals surface area contributed by atoms with E-state index in [0.29, 0.717) is 19.3 Å². The van der Waals surface area contributed by atoms with Gasteiger partial charge in [0, 0.05) is 19.3 Å². The van der Waals surface area contributed by atoms with Crippen molar-refractivity contribution in [3.8, 4) is 0 Å². The molecule has 0 aromatic carbocycles. The SMILES string of the molecule is CC/C=C/C/C=C/C/C=C/C/C=C/C/C=C/CCC(=O)OCC(COC(=O)CC/C=C/C/C=C/CCCCCCCC)OC(=O)CC/C=C/C/C=C/C/C=C/C/C=C/C/C=C/CC. The summed E-state index contributed by atoms with van der Waals surface area (Å²) in [6.45, 7) is 6.18. The first-order chi connectivity index (χ1) is 31.0. The molecule has 0 heterocycles. The monoisotopic (exact) mass is 867 g/mol. The summed E-state index contributed by atoms with van der Waals surface area (Å²) in [4.78, 5) is 37.8. The van der Waals surface area contributed by atoms with Crippen molar-refractivity contribution in [3.63, 3.8) is 0 Å². The smallest absolute Gasteiger partial charge is 0.306 e. The van der Waals surface area contributed by atoms with Crippen LogP contribution in [0.5, 0.6) is 0 Å². The molecule has 0 aromatic heterocycles. The lowest BCUT2D eigenvalue weighted by Crippen LogP contribution is -2.30. The molecule has 0 saturated heterocycles. The van der Waals surface area contributed by atoms with Crippen molar-refractivity contribution in [2.45, 2.75) is 181 Å². The zero-order valence-corrected chi connectivity index (χ0v) is 39.8. The molecule has 0 saturated carbocycles. The average molecular weight is 867 g/mol. The fraction of sp³-hybridized carbons (Fsp3) is 0.526. The highest BCUT2D eigenvalue weighted by molar-refractivity contribution is 5.71. The van der Waals surface area contributed by atoms with Gasteiger partial charge < -0.3 is 14.2 Å². The molecule has 63 heavy (non-hydrogen) atoms. The minimum absolute atomic E-state index is 0.167. The van der Waals surface area contributed by atoms with Gasteiger partial charge in [0.2, 0.25) is 0 Å². The molecule has 0 radical (unpaired) electrons. The summed E-state index contributed by atoms with van der Waals surface area (Å²) < 4.78 is 16.5. The van der Waals surface area contributed by atoms with Gasteiger partial charge in [0.25, 0.3) is 0 Å². The lowest BCUT2D eigenvalue weighted by Gasteiger charge is -2.18. The number of unbranched alkanes of at least 4 members (excludes halogenated alkanes) is 6. The van der Waals surface area contributed by atoms with Crippen molar-refractivity contribution in [2.75, 3.05) is 13.2 Å². The molecule has 6 nitrogen and oxygen atoms in total. The van der Waals surface area contributed by atoms with E-state index < -0.39 is 18.0 Å². The van der Waals surface area contributed by atoms with E-state index in [9.17, 15) is 14.4 Å². The number of esters is 3. The highest BCUT2D eigenvalue weighted by Crippen LogP contribution is 2.09. The van der Waals surface area contributed by atoms with E-state index in [1.807, 2.05) is 30.4 Å². The Morgan fingerprint density at radius 1 is 0.333 bits per heavy atom. The van der Waals surface area contributed by atoms with Crippen LogP contribution in [-0.2, 0) is 28.6 Å². The molecule has 0 N–H and O–H groups in total. The van der Waals surface area contributed by atoms with Gasteiger partial charge in [0.05, 0.1) is 0 Å². The van der Waals surface area contributed by atoms with E-state index in [4.69, 9.17) is 14.2 Å². The first-order valence-electron chi connectivity index (χ1n) is 24.3. The lowest BCUT2D eigenvalue weighted by atomic mass is 10.1. The van der Waals surface area contributed by atoms with E-state index in [-0.39, 0.29) is 38.4 Å². The molecule has 0 amide bonds. The van der Waals surface area contributed by atoms with Crippen LogP contribution in [-0.4, -0.2) is 37.2 Å². The molecule has 0 aliphatic carbocycles. The number of allylic oxidation sites excluding steroid dienone is 24. The lowest BCUT2D eigenvalue weighted by molar-refractivity contribution is -0.166. The summed E-state index contributed by atoms with van der Waals surface area (Å²) in [5.74, 6) is -1.21. The maximum atomic E-state index is 12.7. The van der Waals surface area contributed by atoms with Crippen molar-refractivity contribution >= 4 is 17.9 Å². The first kappa shape index (κ1) is 58.3. The summed E-state index contributed by atoms with van der Waals surface area (Å²) in [6, 6.07) is 0. The fourth-order valence-electron chi connectivity index (χ4n) is 5.77. The van der Waals surface area contributed by atoms with Crippen molar-refractivity contribution in [2.24, 2.45) is 0 Å². The predicted molar refractivity (Wildman–Crippen MR) is 269 cm³/mol.